The minimum atomic E-state index is -0.891. The highest BCUT2D eigenvalue weighted by atomic mass is 19.1. The van der Waals surface area contributed by atoms with Gasteiger partial charge in [-0.2, -0.15) is 5.10 Å². The number of carbonyl (C=O) groups is 2. The van der Waals surface area contributed by atoms with Gasteiger partial charge in [0.25, 0.3) is 5.91 Å². The van der Waals surface area contributed by atoms with E-state index in [-0.39, 0.29) is 25.1 Å². The molecule has 12 heteroatoms. The van der Waals surface area contributed by atoms with E-state index in [4.69, 9.17) is 4.74 Å². The first-order chi connectivity index (χ1) is 21.2. The molecule has 0 atom stereocenters. The summed E-state index contributed by atoms with van der Waals surface area (Å²) in [7, 11) is 0. The van der Waals surface area contributed by atoms with Crippen LogP contribution in [0, 0.1) is 18.6 Å². The number of hydrogen-bond donors (Lipinski definition) is 2. The zero-order chi connectivity index (χ0) is 30.8. The molecule has 1 aliphatic carbocycles. The van der Waals surface area contributed by atoms with Crippen molar-refractivity contribution < 1.29 is 27.5 Å². The number of urea groups is 1. The van der Waals surface area contributed by atoms with Gasteiger partial charge in [0.2, 0.25) is 5.88 Å². The van der Waals surface area contributed by atoms with Crippen LogP contribution in [-0.4, -0.2) is 57.5 Å². The number of alkyl halides is 1. The van der Waals surface area contributed by atoms with Crippen molar-refractivity contribution in [2.24, 2.45) is 0 Å². The molecule has 2 aliphatic rings. The summed E-state index contributed by atoms with van der Waals surface area (Å²) >= 11 is 0. The third-order valence-electron chi connectivity index (χ3n) is 8.07. The number of anilines is 2. The van der Waals surface area contributed by atoms with Crippen molar-refractivity contribution in [1.29, 1.82) is 0 Å². The van der Waals surface area contributed by atoms with Crippen molar-refractivity contribution in [2.45, 2.75) is 44.1 Å². The summed E-state index contributed by atoms with van der Waals surface area (Å²) < 4.78 is 49.6. The average molecular weight is 605 g/mol. The Hall–Kier alpha value is -4.87. The molecule has 44 heavy (non-hydrogen) atoms. The van der Waals surface area contributed by atoms with Gasteiger partial charge in [0, 0.05) is 55.4 Å². The number of likely N-dealkylation sites (tertiary alicyclic amines) is 1. The fourth-order valence-electron chi connectivity index (χ4n) is 5.26. The van der Waals surface area contributed by atoms with E-state index in [1.165, 1.54) is 17.2 Å². The summed E-state index contributed by atoms with van der Waals surface area (Å²) in [4.78, 5) is 31.4. The van der Waals surface area contributed by atoms with Gasteiger partial charge in [0.05, 0.1) is 11.4 Å². The molecule has 0 spiro atoms. The Labute approximate surface area is 252 Å². The Kier molecular flexibility index (Phi) is 7.98. The smallest absolute Gasteiger partial charge is 0.324 e. The number of halogens is 3. The number of nitrogens with one attached hydrogen (secondary N) is 2. The van der Waals surface area contributed by atoms with Gasteiger partial charge in [0.15, 0.2) is 0 Å². The predicted molar refractivity (Wildman–Crippen MR) is 158 cm³/mol. The molecule has 1 saturated carbocycles. The summed E-state index contributed by atoms with van der Waals surface area (Å²) in [5.74, 6) is -1.79. The van der Waals surface area contributed by atoms with Crippen molar-refractivity contribution in [3.05, 3.63) is 95.3 Å². The number of nitrogens with zero attached hydrogens (tertiary/aromatic N) is 4. The van der Waals surface area contributed by atoms with E-state index in [1.807, 2.05) is 31.2 Å². The highest BCUT2D eigenvalue weighted by molar-refractivity contribution is 5.99. The van der Waals surface area contributed by atoms with Crippen LogP contribution in [0.5, 0.6) is 5.88 Å². The van der Waals surface area contributed by atoms with E-state index in [0.29, 0.717) is 42.9 Å². The van der Waals surface area contributed by atoms with Crippen LogP contribution >= 0.6 is 0 Å². The molecule has 2 aromatic carbocycles. The molecule has 1 saturated heterocycles. The third-order valence-corrected chi connectivity index (χ3v) is 8.07. The molecule has 228 valence electrons. The van der Waals surface area contributed by atoms with Gasteiger partial charge in [-0.05, 0) is 50.1 Å². The highest BCUT2D eigenvalue weighted by Gasteiger charge is 2.47. The minimum absolute atomic E-state index is 0.262. The van der Waals surface area contributed by atoms with Crippen molar-refractivity contribution in [3.63, 3.8) is 0 Å². The molecule has 9 nitrogen and oxygen atoms in total. The number of ether oxygens (including phenoxy) is 1. The van der Waals surface area contributed by atoms with Gasteiger partial charge in [-0.25, -0.2) is 23.2 Å². The Morgan fingerprint density at radius 3 is 2.36 bits per heavy atom. The van der Waals surface area contributed by atoms with Gasteiger partial charge in [0.1, 0.15) is 35.8 Å². The number of piperidine rings is 1. The zero-order valence-electron chi connectivity index (χ0n) is 24.0. The molecule has 2 N–H and O–H groups in total. The number of aryl methyl sites for hydroxylation is 1. The number of hydrogen-bond acceptors (Lipinski definition) is 5. The molecule has 2 fully saturated rings. The lowest BCUT2D eigenvalue weighted by Gasteiger charge is -2.32. The highest BCUT2D eigenvalue weighted by Crippen LogP contribution is 2.48. The van der Waals surface area contributed by atoms with Crippen LogP contribution in [0.15, 0.2) is 66.9 Å². The number of benzene rings is 2. The van der Waals surface area contributed by atoms with Gasteiger partial charge in [-0.1, -0.05) is 23.8 Å². The lowest BCUT2D eigenvalue weighted by atomic mass is 10.1. The van der Waals surface area contributed by atoms with Crippen LogP contribution in [0.2, 0.25) is 0 Å². The summed E-state index contributed by atoms with van der Waals surface area (Å²) in [6.07, 6.45) is 3.50. The summed E-state index contributed by atoms with van der Waals surface area (Å²) in [5, 5.41) is 10.2. The molecular weight excluding hydrogens is 573 g/mol. The standard InChI is InChI=1S/C32H31F3N6O3/c1-20-5-7-22(8-6-20)41-27(18-26(39-41)32(19-33)12-13-32)38-31(43)37-21-9-14-36-28(17-21)44-23-10-15-40(16-11-23)30(42)29-24(34)3-2-4-25(29)35/h2-9,14,17-18,23H,10-13,15-16,19H2,1H3,(H2,36,37,38,43). The first-order valence-corrected chi connectivity index (χ1v) is 14.4. The van der Waals surface area contributed by atoms with E-state index >= 15 is 0 Å². The van der Waals surface area contributed by atoms with Crippen LogP contribution in [-0.2, 0) is 5.41 Å². The van der Waals surface area contributed by atoms with Crippen LogP contribution in [0.1, 0.15) is 47.3 Å². The van der Waals surface area contributed by atoms with E-state index in [1.54, 1.807) is 22.9 Å². The molecule has 0 unspecified atom stereocenters. The second-order valence-corrected chi connectivity index (χ2v) is 11.2. The van der Waals surface area contributed by atoms with E-state index < -0.39 is 41.2 Å². The Morgan fingerprint density at radius 1 is 1.00 bits per heavy atom. The molecular formula is C32H31F3N6O3. The molecule has 3 amide bonds. The number of pyridine rings is 1. The first-order valence-electron chi connectivity index (χ1n) is 14.4. The topological polar surface area (TPSA) is 101 Å². The third kappa shape index (κ3) is 6.10. The Bertz CT molecular complexity index is 1660. The fraction of sp³-hybridized carbons (Fsp3) is 0.312. The normalized spacial score (nSPS) is 16.0. The second-order valence-electron chi connectivity index (χ2n) is 11.2. The largest absolute Gasteiger partial charge is 0.474 e. The lowest BCUT2D eigenvalue weighted by Crippen LogP contribution is -2.42. The summed E-state index contributed by atoms with van der Waals surface area (Å²) in [6.45, 7) is 1.99. The lowest BCUT2D eigenvalue weighted by molar-refractivity contribution is 0.0579. The van der Waals surface area contributed by atoms with Gasteiger partial charge >= 0.3 is 6.03 Å². The van der Waals surface area contributed by atoms with Crippen LogP contribution < -0.4 is 15.4 Å². The van der Waals surface area contributed by atoms with Crippen molar-refractivity contribution in [1.82, 2.24) is 19.7 Å². The average Bonchev–Trinajstić information content (AvgIpc) is 3.71. The van der Waals surface area contributed by atoms with E-state index in [0.717, 1.165) is 23.4 Å². The van der Waals surface area contributed by atoms with Gasteiger partial charge < -0.3 is 15.0 Å². The zero-order valence-corrected chi connectivity index (χ0v) is 24.0. The second kappa shape index (κ2) is 12.0. The van der Waals surface area contributed by atoms with Crippen molar-refractivity contribution in [2.75, 3.05) is 30.4 Å². The fourth-order valence-corrected chi connectivity index (χ4v) is 5.26. The SMILES string of the molecule is Cc1ccc(-n2nc(C3(CF)CC3)cc2NC(=O)Nc2ccnc(OC3CCN(C(=O)c4c(F)cccc4F)CC3)c2)cc1. The molecule has 0 radical (unpaired) electrons. The Morgan fingerprint density at radius 2 is 1.70 bits per heavy atom. The van der Waals surface area contributed by atoms with Crippen molar-refractivity contribution >= 4 is 23.4 Å². The number of carbonyl (C=O) groups excluding carboxylic acids is 2. The maximum Gasteiger partial charge on any atom is 0.324 e. The molecule has 0 bridgehead atoms. The quantitative estimate of drug-likeness (QED) is 0.250. The number of rotatable bonds is 8. The monoisotopic (exact) mass is 604 g/mol. The molecule has 4 aromatic rings. The molecule has 1 aliphatic heterocycles. The minimum Gasteiger partial charge on any atom is -0.474 e. The maximum absolute atomic E-state index is 14.1. The molecule has 3 heterocycles. The predicted octanol–water partition coefficient (Wildman–Crippen LogP) is 6.18. The van der Waals surface area contributed by atoms with Gasteiger partial charge in [-0.3, -0.25) is 14.5 Å². The molecule has 6 rings (SSSR count). The molecule has 2 aromatic heterocycles. The van der Waals surface area contributed by atoms with E-state index in [2.05, 4.69) is 20.7 Å². The van der Waals surface area contributed by atoms with Crippen LogP contribution in [0.4, 0.5) is 29.5 Å². The number of aromatic nitrogens is 3. The van der Waals surface area contributed by atoms with Crippen LogP contribution in [0.25, 0.3) is 5.69 Å². The first kappa shape index (κ1) is 29.2. The van der Waals surface area contributed by atoms with Crippen molar-refractivity contribution in [3.8, 4) is 11.6 Å². The Balaban J connectivity index is 1.08. The van der Waals surface area contributed by atoms with Crippen LogP contribution in [0.3, 0.4) is 0 Å². The van der Waals surface area contributed by atoms with E-state index in [9.17, 15) is 22.8 Å². The van der Waals surface area contributed by atoms with Gasteiger partial charge in [-0.15, -0.1) is 0 Å². The summed E-state index contributed by atoms with van der Waals surface area (Å²) in [6, 6.07) is 15.4. The summed E-state index contributed by atoms with van der Waals surface area (Å²) in [5.41, 5.74) is 1.68. The maximum atomic E-state index is 14.1. The number of amides is 3.